The number of alkyl halides is 3. The third-order valence-corrected chi connectivity index (χ3v) is 4.33. The Bertz CT molecular complexity index is 767. The van der Waals surface area contributed by atoms with Gasteiger partial charge in [-0.15, -0.1) is 11.8 Å². The molecule has 0 aromatic heterocycles. The Morgan fingerprint density at radius 2 is 1.84 bits per heavy atom. The van der Waals surface area contributed by atoms with E-state index in [4.69, 9.17) is 5.26 Å². The number of nitrogens with zero attached hydrogens (tertiary/aromatic N) is 1. The first-order valence-corrected chi connectivity index (χ1v) is 8.53. The van der Waals surface area contributed by atoms with Crippen LogP contribution in [-0.2, 0) is 23.3 Å². The number of carbonyl (C=O) groups excluding carboxylic acids is 1. The average Bonchev–Trinajstić information content (AvgIpc) is 2.60. The number of thioether (sulfide) groups is 1. The molecule has 25 heavy (non-hydrogen) atoms. The van der Waals surface area contributed by atoms with Crippen molar-refractivity contribution < 1.29 is 18.0 Å². The standard InChI is InChI=1S/C18H15F3N2OS/c19-18(20,21)16-3-1-2-15(8-16)10-23-17(24)12-25-11-14-6-4-13(9-22)5-7-14/h1-8H,10-12H2,(H,23,24). The van der Waals surface area contributed by atoms with Gasteiger partial charge in [0.15, 0.2) is 0 Å². The molecular formula is C18H15F3N2OS. The zero-order valence-corrected chi connectivity index (χ0v) is 14.0. The first-order chi connectivity index (χ1) is 11.9. The molecule has 0 aliphatic heterocycles. The molecule has 0 unspecified atom stereocenters. The molecule has 3 nitrogen and oxygen atoms in total. The number of benzene rings is 2. The van der Waals surface area contributed by atoms with Crippen LogP contribution in [0.25, 0.3) is 0 Å². The molecule has 1 amide bonds. The summed E-state index contributed by atoms with van der Waals surface area (Å²) in [6, 6.07) is 14.0. The van der Waals surface area contributed by atoms with Gasteiger partial charge < -0.3 is 5.32 Å². The molecule has 1 N–H and O–H groups in total. The van der Waals surface area contributed by atoms with E-state index in [1.54, 1.807) is 18.2 Å². The molecule has 0 atom stereocenters. The van der Waals surface area contributed by atoms with E-state index >= 15 is 0 Å². The molecular weight excluding hydrogens is 349 g/mol. The van der Waals surface area contributed by atoms with Gasteiger partial charge in [0.1, 0.15) is 0 Å². The van der Waals surface area contributed by atoms with Crippen LogP contribution in [0, 0.1) is 11.3 Å². The lowest BCUT2D eigenvalue weighted by Crippen LogP contribution is -2.24. The Morgan fingerprint density at radius 1 is 1.12 bits per heavy atom. The van der Waals surface area contributed by atoms with E-state index in [-0.39, 0.29) is 18.2 Å². The molecule has 0 bridgehead atoms. The lowest BCUT2D eigenvalue weighted by atomic mass is 10.1. The second-order valence-electron chi connectivity index (χ2n) is 5.28. The topological polar surface area (TPSA) is 52.9 Å². The van der Waals surface area contributed by atoms with Crippen LogP contribution < -0.4 is 5.32 Å². The summed E-state index contributed by atoms with van der Waals surface area (Å²) < 4.78 is 37.9. The fourth-order valence-corrected chi connectivity index (χ4v) is 2.86. The van der Waals surface area contributed by atoms with Gasteiger partial charge in [0.2, 0.25) is 5.91 Å². The maximum Gasteiger partial charge on any atom is 0.416 e. The predicted molar refractivity (Wildman–Crippen MR) is 90.6 cm³/mol. The average molecular weight is 364 g/mol. The van der Waals surface area contributed by atoms with Gasteiger partial charge in [-0.2, -0.15) is 18.4 Å². The van der Waals surface area contributed by atoms with E-state index in [2.05, 4.69) is 5.32 Å². The van der Waals surface area contributed by atoms with Crippen molar-refractivity contribution in [3.63, 3.8) is 0 Å². The summed E-state index contributed by atoms with van der Waals surface area (Å²) in [5.41, 5.74) is 1.25. The van der Waals surface area contributed by atoms with Crippen LogP contribution >= 0.6 is 11.8 Å². The van der Waals surface area contributed by atoms with E-state index in [0.717, 1.165) is 17.7 Å². The van der Waals surface area contributed by atoms with Crippen molar-refractivity contribution in [2.45, 2.75) is 18.5 Å². The molecule has 130 valence electrons. The number of hydrogen-bond acceptors (Lipinski definition) is 3. The Hall–Kier alpha value is -2.46. The fourth-order valence-electron chi connectivity index (χ4n) is 2.05. The highest BCUT2D eigenvalue weighted by Crippen LogP contribution is 2.29. The van der Waals surface area contributed by atoms with Gasteiger partial charge >= 0.3 is 6.18 Å². The van der Waals surface area contributed by atoms with Gasteiger partial charge in [0.25, 0.3) is 0 Å². The zero-order chi connectivity index (χ0) is 18.3. The summed E-state index contributed by atoms with van der Waals surface area (Å²) >= 11 is 1.40. The quantitative estimate of drug-likeness (QED) is 0.839. The minimum absolute atomic E-state index is 0.0557. The van der Waals surface area contributed by atoms with Gasteiger partial charge in [0.05, 0.1) is 22.9 Å². The molecule has 0 aliphatic rings. The maximum atomic E-state index is 12.6. The third-order valence-electron chi connectivity index (χ3n) is 3.33. The molecule has 0 saturated heterocycles. The largest absolute Gasteiger partial charge is 0.416 e. The highest BCUT2D eigenvalue weighted by atomic mass is 32.2. The minimum Gasteiger partial charge on any atom is -0.351 e. The number of carbonyl (C=O) groups is 1. The summed E-state index contributed by atoms with van der Waals surface area (Å²) in [6.45, 7) is 0.0557. The first kappa shape index (κ1) is 18.9. The van der Waals surface area contributed by atoms with Crippen molar-refractivity contribution >= 4 is 17.7 Å². The van der Waals surface area contributed by atoms with Crippen LogP contribution in [0.1, 0.15) is 22.3 Å². The highest BCUT2D eigenvalue weighted by Gasteiger charge is 2.30. The van der Waals surface area contributed by atoms with Crippen LogP contribution in [-0.4, -0.2) is 11.7 Å². The van der Waals surface area contributed by atoms with E-state index < -0.39 is 11.7 Å². The van der Waals surface area contributed by atoms with Crippen LogP contribution in [0.2, 0.25) is 0 Å². The highest BCUT2D eigenvalue weighted by molar-refractivity contribution is 7.99. The minimum atomic E-state index is -4.39. The Balaban J connectivity index is 1.76. The number of rotatable bonds is 6. The lowest BCUT2D eigenvalue weighted by Gasteiger charge is -2.09. The second-order valence-corrected chi connectivity index (χ2v) is 6.26. The molecule has 2 aromatic carbocycles. The number of nitrogens with one attached hydrogen (secondary N) is 1. The second kappa shape index (κ2) is 8.58. The molecule has 0 radical (unpaired) electrons. The third kappa shape index (κ3) is 6.16. The van der Waals surface area contributed by atoms with Gasteiger partial charge in [0, 0.05) is 12.3 Å². The van der Waals surface area contributed by atoms with Gasteiger partial charge in [-0.1, -0.05) is 24.3 Å². The number of amides is 1. The van der Waals surface area contributed by atoms with Crippen LogP contribution in [0.15, 0.2) is 48.5 Å². The Labute approximate surface area is 147 Å². The predicted octanol–water partition coefficient (Wildman–Crippen LogP) is 4.13. The van der Waals surface area contributed by atoms with Crippen LogP contribution in [0.3, 0.4) is 0 Å². The number of halogens is 3. The van der Waals surface area contributed by atoms with Gasteiger partial charge in [-0.05, 0) is 35.4 Å². The van der Waals surface area contributed by atoms with E-state index in [1.807, 2.05) is 18.2 Å². The monoisotopic (exact) mass is 364 g/mol. The van der Waals surface area contributed by atoms with Crippen molar-refractivity contribution in [1.82, 2.24) is 5.32 Å². The van der Waals surface area contributed by atoms with E-state index in [0.29, 0.717) is 16.9 Å². The van der Waals surface area contributed by atoms with Crippen molar-refractivity contribution in [2.24, 2.45) is 0 Å². The zero-order valence-electron chi connectivity index (χ0n) is 13.1. The summed E-state index contributed by atoms with van der Waals surface area (Å²) in [5.74, 6) is 0.581. The first-order valence-electron chi connectivity index (χ1n) is 7.38. The van der Waals surface area contributed by atoms with Crippen LogP contribution in [0.5, 0.6) is 0 Å². The molecule has 2 aromatic rings. The Morgan fingerprint density at radius 3 is 2.48 bits per heavy atom. The molecule has 0 spiro atoms. The summed E-state index contributed by atoms with van der Waals surface area (Å²) in [4.78, 5) is 11.8. The van der Waals surface area contributed by atoms with E-state index in [9.17, 15) is 18.0 Å². The molecule has 0 fully saturated rings. The van der Waals surface area contributed by atoms with Crippen LogP contribution in [0.4, 0.5) is 13.2 Å². The lowest BCUT2D eigenvalue weighted by molar-refractivity contribution is -0.137. The number of nitriles is 1. The molecule has 0 saturated carbocycles. The molecule has 7 heteroatoms. The Kier molecular flexibility index (Phi) is 6.48. The molecule has 0 heterocycles. The van der Waals surface area contributed by atoms with Crippen molar-refractivity contribution in [3.05, 3.63) is 70.8 Å². The fraction of sp³-hybridized carbons (Fsp3) is 0.222. The van der Waals surface area contributed by atoms with E-state index in [1.165, 1.54) is 17.8 Å². The SMILES string of the molecule is N#Cc1ccc(CSCC(=O)NCc2cccc(C(F)(F)F)c2)cc1. The van der Waals surface area contributed by atoms with Gasteiger partial charge in [-0.3, -0.25) is 4.79 Å². The van der Waals surface area contributed by atoms with Crippen molar-refractivity contribution in [1.29, 1.82) is 5.26 Å². The van der Waals surface area contributed by atoms with Crippen molar-refractivity contribution in [2.75, 3.05) is 5.75 Å². The van der Waals surface area contributed by atoms with Crippen molar-refractivity contribution in [3.8, 4) is 6.07 Å². The smallest absolute Gasteiger partial charge is 0.351 e. The van der Waals surface area contributed by atoms with Gasteiger partial charge in [-0.25, -0.2) is 0 Å². The summed E-state index contributed by atoms with van der Waals surface area (Å²) in [6.07, 6.45) is -4.39. The normalized spacial score (nSPS) is 11.0. The number of hydrogen-bond donors (Lipinski definition) is 1. The maximum absolute atomic E-state index is 12.6. The summed E-state index contributed by atoms with van der Waals surface area (Å²) in [7, 11) is 0. The molecule has 0 aliphatic carbocycles. The molecule has 2 rings (SSSR count). The summed E-state index contributed by atoms with van der Waals surface area (Å²) in [5, 5.41) is 11.3.